The molecule has 1 heterocycles. The highest BCUT2D eigenvalue weighted by molar-refractivity contribution is 7.80. The van der Waals surface area contributed by atoms with Crippen molar-refractivity contribution in [2.45, 2.75) is 6.92 Å². The average molecular weight is 493 g/mol. The highest BCUT2D eigenvalue weighted by atomic mass is 35.5. The Bertz CT molecular complexity index is 987. The summed E-state index contributed by atoms with van der Waals surface area (Å²) >= 11 is 12.0. The van der Waals surface area contributed by atoms with Crippen LogP contribution in [-0.2, 0) is 0 Å². The summed E-state index contributed by atoms with van der Waals surface area (Å²) < 4.78 is 16.0. The van der Waals surface area contributed by atoms with E-state index in [9.17, 15) is 4.79 Å². The summed E-state index contributed by atoms with van der Waals surface area (Å²) in [5.41, 5.74) is 1.93. The summed E-state index contributed by atoms with van der Waals surface area (Å²) in [4.78, 5) is 17.5. The topological polar surface area (TPSA) is 75.3 Å². The van der Waals surface area contributed by atoms with Crippen molar-refractivity contribution in [2.75, 3.05) is 64.3 Å². The number of carbonyl (C=O) groups is 1. The van der Waals surface area contributed by atoms with Gasteiger partial charge in [-0.1, -0.05) is 24.6 Å². The van der Waals surface area contributed by atoms with Crippen LogP contribution in [0.25, 0.3) is 0 Å². The monoisotopic (exact) mass is 492 g/mol. The van der Waals surface area contributed by atoms with Gasteiger partial charge in [-0.3, -0.25) is 10.1 Å². The fraction of sp³-hybridized carbons (Fsp3) is 0.391. The van der Waals surface area contributed by atoms with Crippen molar-refractivity contribution in [3.63, 3.8) is 0 Å². The maximum absolute atomic E-state index is 12.9. The van der Waals surface area contributed by atoms with E-state index in [-0.39, 0.29) is 5.11 Å². The van der Waals surface area contributed by atoms with E-state index in [1.54, 1.807) is 12.1 Å². The van der Waals surface area contributed by atoms with Crippen LogP contribution in [0.1, 0.15) is 17.3 Å². The zero-order chi connectivity index (χ0) is 24.0. The molecule has 2 N–H and O–H groups in total. The summed E-state index contributed by atoms with van der Waals surface area (Å²) in [5, 5.41) is 6.62. The molecule has 8 nitrogen and oxygen atoms in total. The lowest BCUT2D eigenvalue weighted by Crippen LogP contribution is -2.46. The number of benzene rings is 2. The minimum Gasteiger partial charge on any atom is -0.493 e. The van der Waals surface area contributed by atoms with E-state index in [1.165, 1.54) is 21.3 Å². The Morgan fingerprint density at radius 3 is 2.24 bits per heavy atom. The number of thiocarbonyl (C=S) groups is 1. The number of hydrogen-bond donors (Lipinski definition) is 2. The molecule has 0 unspecified atom stereocenters. The Balaban J connectivity index is 1.75. The first-order valence-electron chi connectivity index (χ1n) is 10.6. The number of carbonyl (C=O) groups excluding carboxylic acids is 1. The molecule has 1 fully saturated rings. The summed E-state index contributed by atoms with van der Waals surface area (Å²) in [5.74, 6) is 0.754. The van der Waals surface area contributed by atoms with Crippen molar-refractivity contribution in [3.05, 3.63) is 40.9 Å². The van der Waals surface area contributed by atoms with Gasteiger partial charge in [0.15, 0.2) is 16.6 Å². The number of halogens is 1. The molecule has 10 heteroatoms. The maximum Gasteiger partial charge on any atom is 0.257 e. The van der Waals surface area contributed by atoms with Crippen molar-refractivity contribution >= 4 is 46.2 Å². The lowest BCUT2D eigenvalue weighted by Gasteiger charge is -2.37. The zero-order valence-electron chi connectivity index (χ0n) is 19.2. The Hall–Kier alpha value is -2.75. The lowest BCUT2D eigenvalue weighted by atomic mass is 10.1. The molecule has 0 aromatic heterocycles. The van der Waals surface area contributed by atoms with Gasteiger partial charge in [0.25, 0.3) is 5.91 Å². The van der Waals surface area contributed by atoms with E-state index in [0.717, 1.165) is 44.1 Å². The highest BCUT2D eigenvalue weighted by Crippen LogP contribution is 2.38. The molecule has 0 bridgehead atoms. The Morgan fingerprint density at radius 2 is 1.70 bits per heavy atom. The number of likely N-dealkylation sites (N-methyl/N-ethyl adjacent to an activating group) is 1. The minimum absolute atomic E-state index is 0.157. The van der Waals surface area contributed by atoms with Crippen molar-refractivity contribution in [2.24, 2.45) is 0 Å². The van der Waals surface area contributed by atoms with Gasteiger partial charge in [-0.05, 0) is 43.0 Å². The molecule has 1 amide bonds. The SMILES string of the molecule is CCN1CCN(c2c(Cl)cccc2NC(=S)NC(=O)c2cc(OC)c(OC)c(OC)c2)CC1. The molecule has 0 spiro atoms. The Labute approximate surface area is 204 Å². The normalized spacial score (nSPS) is 13.9. The van der Waals surface area contributed by atoms with Gasteiger partial charge in [-0.25, -0.2) is 0 Å². The van der Waals surface area contributed by atoms with E-state index in [2.05, 4.69) is 27.4 Å². The van der Waals surface area contributed by atoms with Gasteiger partial charge in [0, 0.05) is 31.7 Å². The molecule has 0 aliphatic carbocycles. The number of nitrogens with one attached hydrogen (secondary N) is 2. The first-order valence-corrected chi connectivity index (χ1v) is 11.4. The first kappa shape index (κ1) is 24.9. The number of anilines is 2. The van der Waals surface area contributed by atoms with Crippen LogP contribution in [0.3, 0.4) is 0 Å². The summed E-state index contributed by atoms with van der Waals surface area (Å²) in [6.07, 6.45) is 0. The molecule has 33 heavy (non-hydrogen) atoms. The first-order chi connectivity index (χ1) is 15.9. The zero-order valence-corrected chi connectivity index (χ0v) is 20.8. The lowest BCUT2D eigenvalue weighted by molar-refractivity contribution is 0.0977. The largest absolute Gasteiger partial charge is 0.493 e. The molecular weight excluding hydrogens is 464 g/mol. The molecule has 0 radical (unpaired) electrons. The fourth-order valence-electron chi connectivity index (χ4n) is 3.77. The van der Waals surface area contributed by atoms with Gasteiger partial charge in [-0.15, -0.1) is 0 Å². The molecule has 2 aromatic rings. The van der Waals surface area contributed by atoms with Gasteiger partial charge in [0.2, 0.25) is 5.75 Å². The highest BCUT2D eigenvalue weighted by Gasteiger charge is 2.22. The quantitative estimate of drug-likeness (QED) is 0.567. The van der Waals surface area contributed by atoms with Crippen LogP contribution in [0.5, 0.6) is 17.2 Å². The van der Waals surface area contributed by atoms with Crippen LogP contribution in [-0.4, -0.2) is 70.0 Å². The van der Waals surface area contributed by atoms with E-state index in [4.69, 9.17) is 38.0 Å². The van der Waals surface area contributed by atoms with Gasteiger partial charge < -0.3 is 29.3 Å². The number of nitrogens with zero attached hydrogens (tertiary/aromatic N) is 2. The van der Waals surface area contributed by atoms with Crippen LogP contribution in [0, 0.1) is 0 Å². The molecule has 0 atom stereocenters. The number of methoxy groups -OCH3 is 3. The van der Waals surface area contributed by atoms with Crippen molar-refractivity contribution in [1.29, 1.82) is 0 Å². The fourth-order valence-corrected chi connectivity index (χ4v) is 4.26. The second-order valence-corrected chi connectivity index (χ2v) is 8.20. The van der Waals surface area contributed by atoms with E-state index in [0.29, 0.717) is 27.8 Å². The second-order valence-electron chi connectivity index (χ2n) is 7.38. The third-order valence-corrected chi connectivity index (χ3v) is 6.03. The predicted octanol–water partition coefficient (Wildman–Crippen LogP) is 3.63. The van der Waals surface area contributed by atoms with Crippen molar-refractivity contribution in [3.8, 4) is 17.2 Å². The Morgan fingerprint density at radius 1 is 1.06 bits per heavy atom. The molecule has 1 aliphatic heterocycles. The Kier molecular flexibility index (Phi) is 8.60. The number of piperazine rings is 1. The minimum atomic E-state index is -0.410. The van der Waals surface area contributed by atoms with Crippen molar-refractivity contribution < 1.29 is 19.0 Å². The van der Waals surface area contributed by atoms with Gasteiger partial charge in [-0.2, -0.15) is 0 Å². The van der Waals surface area contributed by atoms with Gasteiger partial charge >= 0.3 is 0 Å². The number of ether oxygens (including phenoxy) is 3. The molecule has 1 aliphatic rings. The molecule has 2 aromatic carbocycles. The van der Waals surface area contributed by atoms with Crippen LogP contribution in [0.15, 0.2) is 30.3 Å². The van der Waals surface area contributed by atoms with E-state index < -0.39 is 5.91 Å². The van der Waals surface area contributed by atoms with Crippen LogP contribution >= 0.6 is 23.8 Å². The smallest absolute Gasteiger partial charge is 0.257 e. The summed E-state index contributed by atoms with van der Waals surface area (Å²) in [6, 6.07) is 8.73. The molecule has 178 valence electrons. The molecule has 3 rings (SSSR count). The number of para-hydroxylation sites is 1. The maximum atomic E-state index is 12.9. The van der Waals surface area contributed by atoms with Crippen LogP contribution < -0.4 is 29.7 Å². The average Bonchev–Trinajstić information content (AvgIpc) is 2.83. The molecule has 0 saturated carbocycles. The second kappa shape index (κ2) is 11.4. The molecule has 1 saturated heterocycles. The summed E-state index contributed by atoms with van der Waals surface area (Å²) in [6.45, 7) is 6.83. The van der Waals surface area contributed by atoms with Gasteiger partial charge in [0.1, 0.15) is 0 Å². The van der Waals surface area contributed by atoms with Crippen LogP contribution in [0.4, 0.5) is 11.4 Å². The number of rotatable bonds is 7. The van der Waals surface area contributed by atoms with Crippen molar-refractivity contribution in [1.82, 2.24) is 10.2 Å². The number of amides is 1. The third-order valence-electron chi connectivity index (χ3n) is 5.52. The summed E-state index contributed by atoms with van der Waals surface area (Å²) in [7, 11) is 4.49. The third kappa shape index (κ3) is 5.79. The van der Waals surface area contributed by atoms with Gasteiger partial charge in [0.05, 0.1) is 37.7 Å². The standard InChI is InChI=1S/C23H29ClN4O4S/c1-5-27-9-11-28(12-10-27)20-16(24)7-6-8-17(20)25-23(33)26-22(29)15-13-18(30-2)21(32-4)19(14-15)31-3/h6-8,13-14H,5,9-12H2,1-4H3,(H2,25,26,29,33). The molecular formula is C23H29ClN4O4S. The van der Waals surface area contributed by atoms with E-state index in [1.807, 2.05) is 18.2 Å². The van der Waals surface area contributed by atoms with Crippen LogP contribution in [0.2, 0.25) is 5.02 Å². The number of hydrogen-bond acceptors (Lipinski definition) is 7. The van der Waals surface area contributed by atoms with E-state index >= 15 is 0 Å². The predicted molar refractivity (Wildman–Crippen MR) is 136 cm³/mol.